The van der Waals surface area contributed by atoms with E-state index in [1.165, 1.54) is 6.07 Å². The van der Waals surface area contributed by atoms with Crippen LogP contribution in [0.2, 0.25) is 0 Å². The van der Waals surface area contributed by atoms with E-state index in [4.69, 9.17) is 10.8 Å². The molecule has 0 aliphatic heterocycles. The molecule has 0 saturated carbocycles. The van der Waals surface area contributed by atoms with Crippen molar-refractivity contribution in [3.63, 3.8) is 0 Å². The summed E-state index contributed by atoms with van der Waals surface area (Å²) in [5.74, 6) is -1.30. The highest BCUT2D eigenvalue weighted by atomic mass is 127. The van der Waals surface area contributed by atoms with Crippen molar-refractivity contribution < 1.29 is 14.7 Å². The van der Waals surface area contributed by atoms with Gasteiger partial charge in [-0.05, 0) is 61.1 Å². The Balaban J connectivity index is 2.77. The average molecular weight is 376 g/mol. The van der Waals surface area contributed by atoms with Crippen molar-refractivity contribution >= 4 is 40.2 Å². The summed E-state index contributed by atoms with van der Waals surface area (Å²) in [5.41, 5.74) is 5.79. The molecule has 1 aromatic carbocycles. The summed E-state index contributed by atoms with van der Waals surface area (Å²) in [5, 5.41) is 11.7. The molecule has 0 bridgehead atoms. The average Bonchev–Trinajstić information content (AvgIpc) is 2.28. The van der Waals surface area contributed by atoms with E-state index in [1.54, 1.807) is 12.1 Å². The highest BCUT2D eigenvalue weighted by Crippen LogP contribution is 2.19. The van der Waals surface area contributed by atoms with Gasteiger partial charge in [-0.3, -0.25) is 4.79 Å². The van der Waals surface area contributed by atoms with Crippen LogP contribution in [-0.4, -0.2) is 22.5 Å². The van der Waals surface area contributed by atoms with Gasteiger partial charge in [0.05, 0.1) is 11.3 Å². The fourth-order valence-corrected chi connectivity index (χ4v) is 1.94. The Morgan fingerprint density at radius 3 is 2.58 bits per heavy atom. The molecule has 0 unspecified atom stereocenters. The van der Waals surface area contributed by atoms with Crippen LogP contribution >= 0.6 is 22.6 Å². The first kappa shape index (κ1) is 15.9. The van der Waals surface area contributed by atoms with Gasteiger partial charge in [-0.25, -0.2) is 4.79 Å². The predicted molar refractivity (Wildman–Crippen MR) is 82.2 cm³/mol. The second-order valence-corrected chi connectivity index (χ2v) is 6.28. The zero-order valence-corrected chi connectivity index (χ0v) is 13.0. The van der Waals surface area contributed by atoms with Crippen molar-refractivity contribution in [3.05, 3.63) is 27.3 Å². The molecule has 6 heteroatoms. The van der Waals surface area contributed by atoms with Crippen LogP contribution < -0.4 is 11.1 Å². The summed E-state index contributed by atoms with van der Waals surface area (Å²) in [7, 11) is 0. The SMILES string of the molecule is CC(C)(N)CCC(=O)Nc1ccc(I)cc1C(=O)O. The van der Waals surface area contributed by atoms with Gasteiger partial charge in [-0.15, -0.1) is 0 Å². The molecule has 0 fully saturated rings. The lowest BCUT2D eigenvalue weighted by atomic mass is 10.00. The van der Waals surface area contributed by atoms with Crippen molar-refractivity contribution in [1.29, 1.82) is 0 Å². The zero-order valence-electron chi connectivity index (χ0n) is 10.9. The molecular formula is C13H17IN2O3. The molecule has 1 rings (SSSR count). The van der Waals surface area contributed by atoms with E-state index in [2.05, 4.69) is 5.32 Å². The highest BCUT2D eigenvalue weighted by molar-refractivity contribution is 14.1. The standard InChI is InChI=1S/C13H17IN2O3/c1-13(2,15)6-5-11(17)16-10-4-3-8(14)7-9(10)12(18)19/h3-4,7H,5-6,15H2,1-2H3,(H,16,17)(H,18,19). The minimum absolute atomic E-state index is 0.0901. The van der Waals surface area contributed by atoms with Crippen LogP contribution in [0.5, 0.6) is 0 Å². The van der Waals surface area contributed by atoms with Crippen molar-refractivity contribution in [2.75, 3.05) is 5.32 Å². The lowest BCUT2D eigenvalue weighted by Gasteiger charge is -2.17. The third kappa shape index (κ3) is 5.56. The van der Waals surface area contributed by atoms with E-state index in [0.29, 0.717) is 12.1 Å². The first-order valence-corrected chi connectivity index (χ1v) is 6.88. The van der Waals surface area contributed by atoms with Gasteiger partial charge in [0.1, 0.15) is 0 Å². The molecule has 1 amide bonds. The van der Waals surface area contributed by atoms with Crippen molar-refractivity contribution in [1.82, 2.24) is 0 Å². The van der Waals surface area contributed by atoms with Gasteiger partial charge in [0.25, 0.3) is 0 Å². The van der Waals surface area contributed by atoms with Crippen molar-refractivity contribution in [2.24, 2.45) is 5.73 Å². The molecule has 0 radical (unpaired) electrons. The largest absolute Gasteiger partial charge is 0.478 e. The van der Waals surface area contributed by atoms with Crippen LogP contribution in [0.25, 0.3) is 0 Å². The number of nitrogens with one attached hydrogen (secondary N) is 1. The van der Waals surface area contributed by atoms with Crippen LogP contribution in [-0.2, 0) is 4.79 Å². The lowest BCUT2D eigenvalue weighted by molar-refractivity contribution is -0.116. The number of aromatic carboxylic acids is 1. The summed E-state index contributed by atoms with van der Waals surface area (Å²) in [6.07, 6.45) is 0.792. The summed E-state index contributed by atoms with van der Waals surface area (Å²) < 4.78 is 0.802. The quantitative estimate of drug-likeness (QED) is 0.689. The molecule has 0 aliphatic carbocycles. The maximum absolute atomic E-state index is 11.8. The summed E-state index contributed by atoms with van der Waals surface area (Å²) in [4.78, 5) is 22.9. The van der Waals surface area contributed by atoms with Gasteiger partial charge in [0.15, 0.2) is 0 Å². The summed E-state index contributed by atoms with van der Waals surface area (Å²) in [6.45, 7) is 3.68. The molecular weight excluding hydrogens is 359 g/mol. The second kappa shape index (κ2) is 6.33. The van der Waals surface area contributed by atoms with Crippen LogP contribution in [0.4, 0.5) is 5.69 Å². The fraction of sp³-hybridized carbons (Fsp3) is 0.385. The Morgan fingerprint density at radius 1 is 1.42 bits per heavy atom. The number of amides is 1. The minimum atomic E-state index is -1.06. The monoisotopic (exact) mass is 376 g/mol. The molecule has 0 heterocycles. The number of carbonyl (C=O) groups is 2. The van der Waals surface area contributed by atoms with Gasteiger partial charge in [0.2, 0.25) is 5.91 Å². The maximum atomic E-state index is 11.8. The number of rotatable bonds is 5. The number of hydrogen-bond donors (Lipinski definition) is 3. The van der Waals surface area contributed by atoms with E-state index >= 15 is 0 Å². The number of anilines is 1. The van der Waals surface area contributed by atoms with Crippen LogP contribution in [0.1, 0.15) is 37.0 Å². The Kier molecular flexibility index (Phi) is 5.30. The molecule has 0 spiro atoms. The number of nitrogens with two attached hydrogens (primary N) is 1. The van der Waals surface area contributed by atoms with Gasteiger partial charge < -0.3 is 16.2 Å². The topological polar surface area (TPSA) is 92.4 Å². The van der Waals surface area contributed by atoms with E-state index < -0.39 is 11.5 Å². The number of benzene rings is 1. The van der Waals surface area contributed by atoms with E-state index in [9.17, 15) is 9.59 Å². The number of carboxylic acid groups (broad SMARTS) is 1. The second-order valence-electron chi connectivity index (χ2n) is 5.03. The van der Waals surface area contributed by atoms with Gasteiger partial charge in [0, 0.05) is 15.5 Å². The first-order valence-electron chi connectivity index (χ1n) is 5.80. The third-order valence-corrected chi connectivity index (χ3v) is 3.15. The maximum Gasteiger partial charge on any atom is 0.337 e. The molecule has 0 saturated heterocycles. The highest BCUT2D eigenvalue weighted by Gasteiger charge is 2.16. The minimum Gasteiger partial charge on any atom is -0.478 e. The first-order chi connectivity index (χ1) is 8.69. The molecule has 19 heavy (non-hydrogen) atoms. The summed E-state index contributed by atoms with van der Waals surface area (Å²) >= 11 is 2.02. The predicted octanol–water partition coefficient (Wildman–Crippen LogP) is 2.45. The Hall–Kier alpha value is -1.15. The van der Waals surface area contributed by atoms with E-state index in [0.717, 1.165) is 3.57 Å². The molecule has 0 atom stereocenters. The molecule has 0 aliphatic rings. The Bertz CT molecular complexity index is 495. The van der Waals surface area contributed by atoms with E-state index in [1.807, 2.05) is 36.4 Å². The van der Waals surface area contributed by atoms with Gasteiger partial charge in [-0.2, -0.15) is 0 Å². The fourth-order valence-electron chi connectivity index (χ4n) is 1.45. The molecule has 5 nitrogen and oxygen atoms in total. The van der Waals surface area contributed by atoms with Crippen molar-refractivity contribution in [3.8, 4) is 0 Å². The summed E-state index contributed by atoms with van der Waals surface area (Å²) in [6, 6.07) is 4.86. The van der Waals surface area contributed by atoms with Crippen LogP contribution in [0, 0.1) is 3.57 Å². The van der Waals surface area contributed by atoms with Crippen LogP contribution in [0.3, 0.4) is 0 Å². The van der Waals surface area contributed by atoms with Gasteiger partial charge >= 0.3 is 5.97 Å². The normalized spacial score (nSPS) is 11.2. The molecule has 0 aromatic heterocycles. The number of carboxylic acids is 1. The van der Waals surface area contributed by atoms with E-state index in [-0.39, 0.29) is 17.9 Å². The molecule has 1 aromatic rings. The Labute approximate surface area is 125 Å². The number of carbonyl (C=O) groups excluding carboxylic acids is 1. The number of halogens is 1. The zero-order chi connectivity index (χ0) is 14.6. The molecule has 4 N–H and O–H groups in total. The lowest BCUT2D eigenvalue weighted by Crippen LogP contribution is -2.33. The van der Waals surface area contributed by atoms with Gasteiger partial charge in [-0.1, -0.05) is 0 Å². The number of hydrogen-bond acceptors (Lipinski definition) is 3. The smallest absolute Gasteiger partial charge is 0.337 e. The Morgan fingerprint density at radius 2 is 2.05 bits per heavy atom. The van der Waals surface area contributed by atoms with Crippen LogP contribution in [0.15, 0.2) is 18.2 Å². The third-order valence-electron chi connectivity index (χ3n) is 2.48. The molecule has 104 valence electrons. The van der Waals surface area contributed by atoms with Crippen molar-refractivity contribution in [2.45, 2.75) is 32.2 Å².